The maximum absolute atomic E-state index is 11.4. The summed E-state index contributed by atoms with van der Waals surface area (Å²) in [5.74, 6) is 0.476. The summed E-state index contributed by atoms with van der Waals surface area (Å²) in [5.41, 5.74) is 0.520. The highest BCUT2D eigenvalue weighted by molar-refractivity contribution is 5.94. The summed E-state index contributed by atoms with van der Waals surface area (Å²) in [7, 11) is 0. The normalized spacial score (nSPS) is 9.62. The van der Waals surface area contributed by atoms with Crippen molar-refractivity contribution in [1.82, 2.24) is 5.32 Å². The van der Waals surface area contributed by atoms with Crippen LogP contribution in [0.25, 0.3) is 0 Å². The van der Waals surface area contributed by atoms with Crippen LogP contribution in [0, 0.1) is 11.3 Å². The molecule has 0 bridgehead atoms. The smallest absolute Gasteiger partial charge is 0.252 e. The summed E-state index contributed by atoms with van der Waals surface area (Å²) >= 11 is 0. The molecule has 0 aliphatic rings. The fourth-order valence-corrected chi connectivity index (χ4v) is 1.18. The van der Waals surface area contributed by atoms with Gasteiger partial charge in [-0.05, 0) is 38.1 Å². The monoisotopic (exact) mass is 218 g/mol. The van der Waals surface area contributed by atoms with Crippen molar-refractivity contribution in [3.8, 4) is 11.8 Å². The van der Waals surface area contributed by atoms with Crippen molar-refractivity contribution in [2.75, 3.05) is 6.54 Å². The molecule has 1 amide bonds. The Kier molecular flexibility index (Phi) is 4.34. The maximum Gasteiger partial charge on any atom is 0.252 e. The molecule has 0 unspecified atom stereocenters. The Morgan fingerprint density at radius 1 is 1.44 bits per heavy atom. The second-order valence-electron chi connectivity index (χ2n) is 3.53. The van der Waals surface area contributed by atoms with Gasteiger partial charge >= 0.3 is 0 Å². The fourth-order valence-electron chi connectivity index (χ4n) is 1.18. The minimum absolute atomic E-state index is 0.0169. The number of rotatable bonds is 4. The molecule has 0 spiro atoms. The lowest BCUT2D eigenvalue weighted by Crippen LogP contribution is -2.23. The molecule has 0 radical (unpaired) electrons. The Morgan fingerprint density at radius 2 is 2.06 bits per heavy atom. The van der Waals surface area contributed by atoms with Crippen LogP contribution in [0.15, 0.2) is 24.3 Å². The molecule has 0 heterocycles. The first-order valence-electron chi connectivity index (χ1n) is 5.05. The zero-order valence-corrected chi connectivity index (χ0v) is 9.36. The SMILES string of the molecule is CC(C)Oc1ccc(C(=O)NCC#N)cc1. The molecule has 0 atom stereocenters. The van der Waals surface area contributed by atoms with E-state index in [1.54, 1.807) is 24.3 Å². The Morgan fingerprint density at radius 3 is 2.56 bits per heavy atom. The van der Waals surface area contributed by atoms with Crippen LogP contribution in [0.4, 0.5) is 0 Å². The van der Waals surface area contributed by atoms with Gasteiger partial charge in [0, 0.05) is 5.56 Å². The van der Waals surface area contributed by atoms with E-state index >= 15 is 0 Å². The third-order valence-corrected chi connectivity index (χ3v) is 1.82. The van der Waals surface area contributed by atoms with E-state index in [1.807, 2.05) is 19.9 Å². The highest BCUT2D eigenvalue weighted by Gasteiger charge is 2.04. The van der Waals surface area contributed by atoms with Gasteiger partial charge in [0.1, 0.15) is 12.3 Å². The molecule has 1 aromatic carbocycles. The number of benzene rings is 1. The van der Waals surface area contributed by atoms with Crippen LogP contribution in [-0.4, -0.2) is 18.6 Å². The van der Waals surface area contributed by atoms with Gasteiger partial charge in [-0.15, -0.1) is 0 Å². The first-order chi connectivity index (χ1) is 7.63. The number of hydrogen-bond donors (Lipinski definition) is 1. The van der Waals surface area contributed by atoms with E-state index in [9.17, 15) is 4.79 Å². The molecule has 1 rings (SSSR count). The van der Waals surface area contributed by atoms with E-state index in [1.165, 1.54) is 0 Å². The summed E-state index contributed by atoms with van der Waals surface area (Å²) in [5, 5.41) is 10.8. The molecule has 16 heavy (non-hydrogen) atoms. The second-order valence-corrected chi connectivity index (χ2v) is 3.53. The quantitative estimate of drug-likeness (QED) is 0.783. The molecule has 0 fully saturated rings. The first-order valence-corrected chi connectivity index (χ1v) is 5.05. The summed E-state index contributed by atoms with van der Waals surface area (Å²) in [6.07, 6.45) is 0.110. The van der Waals surface area contributed by atoms with Gasteiger partial charge < -0.3 is 10.1 Å². The molecule has 4 heteroatoms. The Balaban J connectivity index is 2.64. The number of hydrogen-bond acceptors (Lipinski definition) is 3. The zero-order chi connectivity index (χ0) is 12.0. The molecular formula is C12H14N2O2. The standard InChI is InChI=1S/C12H14N2O2/c1-9(2)16-11-5-3-10(4-6-11)12(15)14-8-7-13/h3-6,9H,8H2,1-2H3,(H,14,15). The molecule has 0 aliphatic carbocycles. The lowest BCUT2D eigenvalue weighted by atomic mass is 10.2. The number of carbonyl (C=O) groups excluding carboxylic acids is 1. The van der Waals surface area contributed by atoms with Gasteiger partial charge in [0.25, 0.3) is 5.91 Å². The minimum Gasteiger partial charge on any atom is -0.491 e. The van der Waals surface area contributed by atoms with Crippen LogP contribution in [0.1, 0.15) is 24.2 Å². The lowest BCUT2D eigenvalue weighted by molar-refractivity contribution is 0.0958. The average molecular weight is 218 g/mol. The van der Waals surface area contributed by atoms with Crippen LogP contribution in [-0.2, 0) is 0 Å². The van der Waals surface area contributed by atoms with Crippen molar-refractivity contribution in [1.29, 1.82) is 5.26 Å². The van der Waals surface area contributed by atoms with Crippen LogP contribution in [0.5, 0.6) is 5.75 Å². The fraction of sp³-hybridized carbons (Fsp3) is 0.333. The molecule has 1 aromatic rings. The van der Waals surface area contributed by atoms with E-state index in [4.69, 9.17) is 10.00 Å². The molecule has 4 nitrogen and oxygen atoms in total. The largest absolute Gasteiger partial charge is 0.491 e. The van der Waals surface area contributed by atoms with E-state index in [0.29, 0.717) is 5.56 Å². The number of carbonyl (C=O) groups is 1. The minimum atomic E-state index is -0.252. The number of nitrogens with zero attached hydrogens (tertiary/aromatic N) is 1. The number of amides is 1. The van der Waals surface area contributed by atoms with E-state index in [0.717, 1.165) is 5.75 Å². The van der Waals surface area contributed by atoms with Crippen LogP contribution in [0.3, 0.4) is 0 Å². The zero-order valence-electron chi connectivity index (χ0n) is 9.36. The van der Waals surface area contributed by atoms with Crippen LogP contribution in [0.2, 0.25) is 0 Å². The van der Waals surface area contributed by atoms with Gasteiger partial charge in [0.15, 0.2) is 0 Å². The van der Waals surface area contributed by atoms with Crippen molar-refractivity contribution >= 4 is 5.91 Å². The maximum atomic E-state index is 11.4. The Bertz CT molecular complexity index is 390. The lowest BCUT2D eigenvalue weighted by Gasteiger charge is -2.09. The molecule has 0 aromatic heterocycles. The van der Waals surface area contributed by atoms with Gasteiger partial charge in [-0.25, -0.2) is 0 Å². The summed E-state index contributed by atoms with van der Waals surface area (Å²) in [4.78, 5) is 11.4. The van der Waals surface area contributed by atoms with Crippen LogP contribution >= 0.6 is 0 Å². The highest BCUT2D eigenvalue weighted by atomic mass is 16.5. The molecule has 0 aliphatic heterocycles. The summed E-state index contributed by atoms with van der Waals surface area (Å²) < 4.78 is 5.45. The predicted molar refractivity (Wildman–Crippen MR) is 60.2 cm³/mol. The number of nitriles is 1. The Hall–Kier alpha value is -2.02. The summed E-state index contributed by atoms with van der Waals surface area (Å²) in [6.45, 7) is 3.89. The van der Waals surface area contributed by atoms with Crippen molar-refractivity contribution in [3.63, 3.8) is 0 Å². The third-order valence-electron chi connectivity index (χ3n) is 1.82. The third kappa shape index (κ3) is 3.62. The van der Waals surface area contributed by atoms with Crippen molar-refractivity contribution < 1.29 is 9.53 Å². The van der Waals surface area contributed by atoms with Crippen LogP contribution < -0.4 is 10.1 Å². The van der Waals surface area contributed by atoms with Gasteiger partial charge in [0.05, 0.1) is 12.2 Å². The van der Waals surface area contributed by atoms with Crippen molar-refractivity contribution in [2.24, 2.45) is 0 Å². The van der Waals surface area contributed by atoms with E-state index in [-0.39, 0.29) is 18.6 Å². The van der Waals surface area contributed by atoms with Crippen molar-refractivity contribution in [2.45, 2.75) is 20.0 Å². The van der Waals surface area contributed by atoms with Gasteiger partial charge in [-0.2, -0.15) is 5.26 Å². The van der Waals surface area contributed by atoms with E-state index < -0.39 is 0 Å². The number of nitrogens with one attached hydrogen (secondary N) is 1. The first kappa shape index (κ1) is 12.1. The number of ether oxygens (including phenoxy) is 1. The molecular weight excluding hydrogens is 204 g/mol. The van der Waals surface area contributed by atoms with Gasteiger partial charge in [-0.1, -0.05) is 0 Å². The van der Waals surface area contributed by atoms with Crippen molar-refractivity contribution in [3.05, 3.63) is 29.8 Å². The second kappa shape index (κ2) is 5.76. The average Bonchev–Trinajstić information content (AvgIpc) is 2.26. The molecule has 0 saturated heterocycles. The predicted octanol–water partition coefficient (Wildman–Crippen LogP) is 1.73. The summed E-state index contributed by atoms with van der Waals surface area (Å²) in [6, 6.07) is 8.67. The highest BCUT2D eigenvalue weighted by Crippen LogP contribution is 2.13. The molecule has 84 valence electrons. The molecule has 1 N–H and O–H groups in total. The van der Waals surface area contributed by atoms with E-state index in [2.05, 4.69) is 5.32 Å². The Labute approximate surface area is 94.8 Å². The topological polar surface area (TPSA) is 62.1 Å². The van der Waals surface area contributed by atoms with Gasteiger partial charge in [0.2, 0.25) is 0 Å². The molecule has 0 saturated carbocycles. The van der Waals surface area contributed by atoms with Gasteiger partial charge in [-0.3, -0.25) is 4.79 Å².